The molecule has 0 amide bonds. The molecule has 0 nitrogen and oxygen atoms in total. The van der Waals surface area contributed by atoms with E-state index < -0.39 is 28.9 Å². The van der Waals surface area contributed by atoms with Crippen LogP contribution in [0.2, 0.25) is 0 Å². The van der Waals surface area contributed by atoms with Crippen LogP contribution in [0.25, 0.3) is 5.57 Å². The summed E-state index contributed by atoms with van der Waals surface area (Å²) in [6.45, 7) is 4.59. The molecule has 0 aromatic heterocycles. The smallest absolute Gasteiger partial charge is 0.206 e. The third-order valence-electron chi connectivity index (χ3n) is 1.80. The Kier molecular flexibility index (Phi) is 2.83. The van der Waals surface area contributed by atoms with Crippen LogP contribution >= 0.6 is 0 Å². The second kappa shape index (κ2) is 3.64. The fraction of sp³-hybridized carbons (Fsp3) is 0.200. The van der Waals surface area contributed by atoms with Gasteiger partial charge in [-0.15, -0.1) is 0 Å². The molecule has 5 heteroatoms. The lowest BCUT2D eigenvalue weighted by Gasteiger charge is -2.10. The monoisotopic (exact) mass is 222 g/mol. The second-order valence-corrected chi connectivity index (χ2v) is 3.09. The zero-order chi connectivity index (χ0) is 11.8. The maximum atomic E-state index is 13.1. The number of hydrogen-bond acceptors (Lipinski definition) is 0. The quantitative estimate of drug-likeness (QED) is 0.629. The third kappa shape index (κ3) is 2.34. The van der Waals surface area contributed by atoms with Gasteiger partial charge >= 0.3 is 6.18 Å². The highest BCUT2D eigenvalue weighted by Gasteiger charge is 2.32. The molecule has 0 heterocycles. The number of allylic oxidation sites excluding steroid dienone is 1. The van der Waals surface area contributed by atoms with Crippen LogP contribution in [0.4, 0.5) is 22.0 Å². The van der Waals surface area contributed by atoms with Crippen molar-refractivity contribution in [3.8, 4) is 0 Å². The van der Waals surface area contributed by atoms with E-state index in [1.807, 2.05) is 0 Å². The average Bonchev–Trinajstić information content (AvgIpc) is 1.99. The van der Waals surface area contributed by atoms with E-state index in [1.165, 1.54) is 6.92 Å². The Bertz CT molecular complexity index is 380. The summed E-state index contributed by atoms with van der Waals surface area (Å²) in [4.78, 5) is 0. The first-order valence-corrected chi connectivity index (χ1v) is 3.95. The van der Waals surface area contributed by atoms with Crippen LogP contribution in [0, 0.1) is 11.6 Å². The van der Waals surface area contributed by atoms with Gasteiger partial charge < -0.3 is 0 Å². The van der Waals surface area contributed by atoms with Crippen molar-refractivity contribution < 1.29 is 22.0 Å². The third-order valence-corrected chi connectivity index (χ3v) is 1.80. The van der Waals surface area contributed by atoms with E-state index in [0.717, 1.165) is 0 Å². The van der Waals surface area contributed by atoms with Gasteiger partial charge in [0.15, 0.2) is 0 Å². The lowest BCUT2D eigenvalue weighted by Crippen LogP contribution is -2.07. The van der Waals surface area contributed by atoms with Gasteiger partial charge in [0.1, 0.15) is 11.6 Å². The Hall–Kier alpha value is -1.39. The van der Waals surface area contributed by atoms with Crippen molar-refractivity contribution in [3.05, 3.63) is 41.5 Å². The largest absolute Gasteiger partial charge is 0.416 e. The molecule has 1 rings (SSSR count). The number of halogens is 5. The second-order valence-electron chi connectivity index (χ2n) is 3.09. The summed E-state index contributed by atoms with van der Waals surface area (Å²) in [5.41, 5.74) is -1.82. The Balaban J connectivity index is 3.39. The molecule has 15 heavy (non-hydrogen) atoms. The maximum Gasteiger partial charge on any atom is 0.416 e. The van der Waals surface area contributed by atoms with Crippen molar-refractivity contribution in [1.82, 2.24) is 0 Å². The Morgan fingerprint density at radius 1 is 1.13 bits per heavy atom. The summed E-state index contributed by atoms with van der Waals surface area (Å²) in [5, 5.41) is 0. The Morgan fingerprint density at radius 2 is 1.53 bits per heavy atom. The van der Waals surface area contributed by atoms with Crippen molar-refractivity contribution in [2.75, 3.05) is 0 Å². The fourth-order valence-electron chi connectivity index (χ4n) is 1.14. The molecule has 0 N–H and O–H groups in total. The van der Waals surface area contributed by atoms with Gasteiger partial charge in [-0.2, -0.15) is 13.2 Å². The van der Waals surface area contributed by atoms with Crippen LogP contribution in [0.15, 0.2) is 18.7 Å². The molecule has 0 unspecified atom stereocenters. The molecule has 0 bridgehead atoms. The lowest BCUT2D eigenvalue weighted by molar-refractivity contribution is -0.138. The van der Waals surface area contributed by atoms with Crippen molar-refractivity contribution in [2.45, 2.75) is 13.1 Å². The van der Waals surface area contributed by atoms with Crippen LogP contribution in [-0.4, -0.2) is 0 Å². The van der Waals surface area contributed by atoms with Gasteiger partial charge in [-0.3, -0.25) is 0 Å². The first-order valence-electron chi connectivity index (χ1n) is 3.95. The van der Waals surface area contributed by atoms with E-state index in [9.17, 15) is 22.0 Å². The molecule has 1 aromatic carbocycles. The standard InChI is InChI=1S/C10H7F5/c1-5(2)9-7(11)3-6(4-8(9)12)10(13,14)15/h3-4H,1H2,2H3. The fourth-order valence-corrected chi connectivity index (χ4v) is 1.14. The van der Waals surface area contributed by atoms with Crippen molar-refractivity contribution in [2.24, 2.45) is 0 Å². The summed E-state index contributed by atoms with van der Waals surface area (Å²) in [7, 11) is 0. The van der Waals surface area contributed by atoms with E-state index in [4.69, 9.17) is 0 Å². The molecule has 1 aromatic rings. The average molecular weight is 222 g/mol. The minimum Gasteiger partial charge on any atom is -0.206 e. The van der Waals surface area contributed by atoms with Crippen LogP contribution in [0.1, 0.15) is 18.1 Å². The minimum atomic E-state index is -4.75. The molecular formula is C10H7F5. The summed E-state index contributed by atoms with van der Waals surface area (Å²) in [5.74, 6) is -2.51. The zero-order valence-corrected chi connectivity index (χ0v) is 7.75. The number of hydrogen-bond donors (Lipinski definition) is 0. The topological polar surface area (TPSA) is 0 Å². The molecule has 0 fully saturated rings. The van der Waals surface area contributed by atoms with E-state index in [1.54, 1.807) is 0 Å². The van der Waals surface area contributed by atoms with Gasteiger partial charge in [0, 0.05) is 5.56 Å². The molecule has 0 aliphatic heterocycles. The van der Waals surface area contributed by atoms with Crippen molar-refractivity contribution >= 4 is 5.57 Å². The minimum absolute atomic E-state index is 0.0405. The van der Waals surface area contributed by atoms with Crippen molar-refractivity contribution in [1.29, 1.82) is 0 Å². The Morgan fingerprint density at radius 3 is 1.80 bits per heavy atom. The number of rotatable bonds is 1. The summed E-state index contributed by atoms with van der Waals surface area (Å²) in [6, 6.07) is 0.514. The van der Waals surface area contributed by atoms with Gasteiger partial charge in [0.25, 0.3) is 0 Å². The number of benzene rings is 1. The van der Waals surface area contributed by atoms with Gasteiger partial charge in [0.05, 0.1) is 5.56 Å². The van der Waals surface area contributed by atoms with Gasteiger partial charge in [-0.25, -0.2) is 8.78 Å². The summed E-state index contributed by atoms with van der Waals surface area (Å²) in [6.07, 6.45) is -4.75. The first kappa shape index (κ1) is 11.7. The van der Waals surface area contributed by atoms with Crippen molar-refractivity contribution in [3.63, 3.8) is 0 Å². The molecule has 82 valence electrons. The zero-order valence-electron chi connectivity index (χ0n) is 7.75. The van der Waals surface area contributed by atoms with Crippen LogP contribution in [-0.2, 0) is 6.18 Å². The molecule has 0 atom stereocenters. The van der Waals surface area contributed by atoms with E-state index in [2.05, 4.69) is 6.58 Å². The molecule has 0 spiro atoms. The van der Waals surface area contributed by atoms with E-state index in [0.29, 0.717) is 0 Å². The SMILES string of the molecule is C=C(C)c1c(F)cc(C(F)(F)F)cc1F. The van der Waals surface area contributed by atoms with Gasteiger partial charge in [0.2, 0.25) is 0 Å². The van der Waals surface area contributed by atoms with Crippen LogP contribution < -0.4 is 0 Å². The highest BCUT2D eigenvalue weighted by molar-refractivity contribution is 5.62. The molecule has 0 saturated heterocycles. The van der Waals surface area contributed by atoms with Crippen LogP contribution in [0.5, 0.6) is 0 Å². The summed E-state index contributed by atoms with van der Waals surface area (Å²) >= 11 is 0. The molecule has 0 aliphatic carbocycles. The predicted octanol–water partition coefficient (Wildman–Crippen LogP) is 4.02. The predicted molar refractivity (Wildman–Crippen MR) is 46.1 cm³/mol. The van der Waals surface area contributed by atoms with Crippen LogP contribution in [0.3, 0.4) is 0 Å². The lowest BCUT2D eigenvalue weighted by atomic mass is 10.0. The van der Waals surface area contributed by atoms with Gasteiger partial charge in [-0.1, -0.05) is 6.58 Å². The highest BCUT2D eigenvalue weighted by atomic mass is 19.4. The Labute approximate surface area is 83.0 Å². The normalized spacial score (nSPS) is 11.6. The maximum absolute atomic E-state index is 13.1. The molecular weight excluding hydrogens is 215 g/mol. The van der Waals surface area contributed by atoms with E-state index in [-0.39, 0.29) is 17.7 Å². The molecule has 0 aliphatic rings. The first-order chi connectivity index (χ1) is 6.73. The highest BCUT2D eigenvalue weighted by Crippen LogP contribution is 2.32. The molecule has 0 radical (unpaired) electrons. The number of alkyl halides is 3. The summed E-state index contributed by atoms with van der Waals surface area (Å²) < 4.78 is 62.6. The van der Waals surface area contributed by atoms with Gasteiger partial charge in [-0.05, 0) is 24.6 Å². The molecule has 0 saturated carbocycles. The van der Waals surface area contributed by atoms with E-state index >= 15 is 0 Å².